The van der Waals surface area contributed by atoms with Crippen molar-refractivity contribution in [1.82, 2.24) is 19.4 Å². The summed E-state index contributed by atoms with van der Waals surface area (Å²) in [4.78, 5) is 13.0. The van der Waals surface area contributed by atoms with Crippen molar-refractivity contribution in [3.8, 4) is 0 Å². The molecular formula is C28H38ClN5. The predicted octanol–water partition coefficient (Wildman–Crippen LogP) is 4.80. The molecule has 4 heterocycles. The minimum atomic E-state index is 0. The van der Waals surface area contributed by atoms with E-state index in [1.165, 1.54) is 57.6 Å². The monoisotopic (exact) mass is 479 g/mol. The van der Waals surface area contributed by atoms with E-state index in [0.29, 0.717) is 0 Å². The highest BCUT2D eigenvalue weighted by Gasteiger charge is 2.28. The van der Waals surface area contributed by atoms with Gasteiger partial charge in [-0.3, -0.25) is 4.90 Å². The summed E-state index contributed by atoms with van der Waals surface area (Å²) >= 11 is 0. The summed E-state index contributed by atoms with van der Waals surface area (Å²) in [6.45, 7) is 13.3. The predicted molar refractivity (Wildman–Crippen MR) is 143 cm³/mol. The van der Waals surface area contributed by atoms with E-state index < -0.39 is 0 Å². The van der Waals surface area contributed by atoms with E-state index in [4.69, 9.17) is 4.98 Å². The first-order valence-electron chi connectivity index (χ1n) is 12.8. The zero-order valence-corrected chi connectivity index (χ0v) is 21.7. The van der Waals surface area contributed by atoms with Gasteiger partial charge < -0.3 is 14.4 Å². The van der Waals surface area contributed by atoms with Crippen molar-refractivity contribution in [3.05, 3.63) is 58.4 Å². The highest BCUT2D eigenvalue weighted by atomic mass is 35.5. The number of benzene rings is 1. The molecule has 0 unspecified atom stereocenters. The number of halogens is 1. The smallest absolute Gasteiger partial charge is 0.153 e. The van der Waals surface area contributed by atoms with Crippen LogP contribution < -0.4 is 4.90 Å². The molecule has 1 aliphatic carbocycles. The minimum Gasteiger partial charge on any atom is -0.350 e. The van der Waals surface area contributed by atoms with Crippen LogP contribution in [0.1, 0.15) is 40.9 Å². The summed E-state index contributed by atoms with van der Waals surface area (Å²) in [5.41, 5.74) is 8.42. The van der Waals surface area contributed by atoms with E-state index >= 15 is 0 Å². The standard InChI is InChI=1S/C28H37N5.ClH/c1-20-21(2)33(17-22-8-9-22)27-26(20)16-25(19-31-14-12-30(3)13-15-31)29-28(27)32-11-10-23-6-4-5-7-24(23)18-32;/h4-7,16,22H,8-15,17-19H2,1-3H3;1H. The van der Waals surface area contributed by atoms with Gasteiger partial charge in [0.2, 0.25) is 0 Å². The molecule has 0 bridgehead atoms. The Morgan fingerprint density at radius 3 is 2.44 bits per heavy atom. The molecule has 3 aromatic rings. The van der Waals surface area contributed by atoms with Crippen molar-refractivity contribution in [2.45, 2.75) is 52.7 Å². The Balaban J connectivity index is 0.00000241. The quantitative estimate of drug-likeness (QED) is 0.525. The van der Waals surface area contributed by atoms with Crippen LogP contribution in [0.3, 0.4) is 0 Å². The first kappa shape index (κ1) is 23.7. The van der Waals surface area contributed by atoms with Crippen LogP contribution in [0.4, 0.5) is 5.82 Å². The lowest BCUT2D eigenvalue weighted by Gasteiger charge is -2.33. The third kappa shape index (κ3) is 4.46. The number of fused-ring (bicyclic) bond motifs is 2. The fourth-order valence-electron chi connectivity index (χ4n) is 5.69. The number of aryl methyl sites for hydroxylation is 1. The van der Waals surface area contributed by atoms with Crippen LogP contribution >= 0.6 is 12.4 Å². The normalized spacial score (nSPS) is 19.3. The Hall–Kier alpha value is -2.08. The van der Waals surface area contributed by atoms with E-state index in [1.807, 2.05) is 0 Å². The minimum absolute atomic E-state index is 0. The van der Waals surface area contributed by atoms with Crippen molar-refractivity contribution in [2.24, 2.45) is 5.92 Å². The number of hydrogen-bond acceptors (Lipinski definition) is 4. The first-order valence-corrected chi connectivity index (χ1v) is 12.8. The van der Waals surface area contributed by atoms with E-state index in [2.05, 4.69) is 70.5 Å². The lowest BCUT2D eigenvalue weighted by Crippen LogP contribution is -2.44. The lowest BCUT2D eigenvalue weighted by molar-refractivity contribution is 0.147. The van der Waals surface area contributed by atoms with Gasteiger partial charge in [0.25, 0.3) is 0 Å². The molecule has 1 saturated carbocycles. The zero-order valence-electron chi connectivity index (χ0n) is 20.9. The van der Waals surface area contributed by atoms with Crippen molar-refractivity contribution >= 4 is 29.1 Å². The van der Waals surface area contributed by atoms with Gasteiger partial charge in [-0.1, -0.05) is 24.3 Å². The van der Waals surface area contributed by atoms with Gasteiger partial charge >= 0.3 is 0 Å². The average Bonchev–Trinajstić information content (AvgIpc) is 3.63. The first-order chi connectivity index (χ1) is 16.1. The van der Waals surface area contributed by atoms with Crippen molar-refractivity contribution < 1.29 is 0 Å². The molecular weight excluding hydrogens is 442 g/mol. The van der Waals surface area contributed by atoms with Crippen LogP contribution in [0.15, 0.2) is 30.3 Å². The molecule has 2 aromatic heterocycles. The fourth-order valence-corrected chi connectivity index (χ4v) is 5.69. The van der Waals surface area contributed by atoms with Crippen molar-refractivity contribution in [1.29, 1.82) is 0 Å². The molecule has 0 radical (unpaired) electrons. The second kappa shape index (κ2) is 9.52. The van der Waals surface area contributed by atoms with Gasteiger partial charge in [0, 0.05) is 63.4 Å². The van der Waals surface area contributed by atoms with Crippen LogP contribution in [-0.2, 0) is 26.1 Å². The molecule has 6 rings (SSSR count). The van der Waals surface area contributed by atoms with Gasteiger partial charge in [-0.05, 0) is 68.8 Å². The Kier molecular flexibility index (Phi) is 6.62. The Morgan fingerprint density at radius 2 is 1.71 bits per heavy atom. The summed E-state index contributed by atoms with van der Waals surface area (Å²) in [5, 5.41) is 1.42. The maximum Gasteiger partial charge on any atom is 0.153 e. The molecule has 2 aliphatic heterocycles. The number of hydrogen-bond donors (Lipinski definition) is 0. The molecule has 3 aliphatic rings. The summed E-state index contributed by atoms with van der Waals surface area (Å²) in [7, 11) is 2.22. The molecule has 1 saturated heterocycles. The summed E-state index contributed by atoms with van der Waals surface area (Å²) < 4.78 is 2.60. The number of pyridine rings is 1. The SMILES string of the molecule is Cc1c(C)n(CC2CC2)c2c(N3CCc4ccccc4C3)nc(CN3CCN(C)CC3)cc12.Cl. The second-order valence-corrected chi connectivity index (χ2v) is 10.6. The summed E-state index contributed by atoms with van der Waals surface area (Å²) in [6, 6.07) is 11.4. The third-order valence-electron chi connectivity index (χ3n) is 8.20. The van der Waals surface area contributed by atoms with Gasteiger partial charge in [-0.15, -0.1) is 12.4 Å². The Labute approximate surface area is 210 Å². The van der Waals surface area contributed by atoms with Crippen LogP contribution in [0.25, 0.3) is 10.9 Å². The van der Waals surface area contributed by atoms with Crippen LogP contribution in [0.5, 0.6) is 0 Å². The summed E-state index contributed by atoms with van der Waals surface area (Å²) in [6.07, 6.45) is 3.85. The lowest BCUT2D eigenvalue weighted by atomic mass is 10.00. The van der Waals surface area contributed by atoms with E-state index in [0.717, 1.165) is 64.7 Å². The topological polar surface area (TPSA) is 27.5 Å². The highest BCUT2D eigenvalue weighted by Crippen LogP contribution is 2.38. The van der Waals surface area contributed by atoms with E-state index in [-0.39, 0.29) is 12.4 Å². The van der Waals surface area contributed by atoms with E-state index in [1.54, 1.807) is 0 Å². The van der Waals surface area contributed by atoms with Crippen molar-refractivity contribution in [2.75, 3.05) is 44.7 Å². The number of piperazine rings is 1. The maximum absolute atomic E-state index is 5.40. The molecule has 2 fully saturated rings. The van der Waals surface area contributed by atoms with Gasteiger partial charge in [0.05, 0.1) is 11.2 Å². The van der Waals surface area contributed by atoms with E-state index in [9.17, 15) is 0 Å². The molecule has 1 aromatic carbocycles. The van der Waals surface area contributed by atoms with Crippen LogP contribution in [0.2, 0.25) is 0 Å². The van der Waals surface area contributed by atoms with Crippen LogP contribution in [-0.4, -0.2) is 59.1 Å². The van der Waals surface area contributed by atoms with Crippen molar-refractivity contribution in [3.63, 3.8) is 0 Å². The molecule has 182 valence electrons. The zero-order chi connectivity index (χ0) is 22.5. The molecule has 0 amide bonds. The Morgan fingerprint density at radius 1 is 0.971 bits per heavy atom. The second-order valence-electron chi connectivity index (χ2n) is 10.6. The average molecular weight is 480 g/mol. The number of likely N-dealkylation sites (N-methyl/N-ethyl adjacent to an activating group) is 1. The number of anilines is 1. The van der Waals surface area contributed by atoms with Gasteiger partial charge in [-0.2, -0.15) is 0 Å². The number of nitrogens with zero attached hydrogens (tertiary/aromatic N) is 5. The van der Waals surface area contributed by atoms with Crippen LogP contribution in [0, 0.1) is 19.8 Å². The number of rotatable bonds is 5. The van der Waals surface area contributed by atoms with Gasteiger partial charge in [0.15, 0.2) is 5.82 Å². The Bertz CT molecular complexity index is 1170. The molecule has 0 N–H and O–H groups in total. The largest absolute Gasteiger partial charge is 0.350 e. The maximum atomic E-state index is 5.40. The molecule has 0 spiro atoms. The van der Waals surface area contributed by atoms with Gasteiger partial charge in [-0.25, -0.2) is 4.98 Å². The molecule has 0 atom stereocenters. The fraction of sp³-hybridized carbons (Fsp3) is 0.536. The third-order valence-corrected chi connectivity index (χ3v) is 8.20. The molecule has 34 heavy (non-hydrogen) atoms. The summed E-state index contributed by atoms with van der Waals surface area (Å²) in [5.74, 6) is 2.06. The molecule has 6 heteroatoms. The number of aromatic nitrogens is 2. The molecule has 5 nitrogen and oxygen atoms in total. The van der Waals surface area contributed by atoms with Gasteiger partial charge in [0.1, 0.15) is 0 Å². The highest BCUT2D eigenvalue weighted by molar-refractivity contribution is 5.94.